The Balaban J connectivity index is 1.51. The first-order valence-corrected chi connectivity index (χ1v) is 7.84. The van der Waals surface area contributed by atoms with Gasteiger partial charge in [-0.05, 0) is 38.3 Å². The number of nitrogens with zero attached hydrogens (tertiary/aromatic N) is 1. The second-order valence-electron chi connectivity index (χ2n) is 6.55. The van der Waals surface area contributed by atoms with Gasteiger partial charge in [0.1, 0.15) is 0 Å². The van der Waals surface area contributed by atoms with E-state index in [0.29, 0.717) is 12.0 Å². The maximum atomic E-state index is 5.62. The van der Waals surface area contributed by atoms with Gasteiger partial charge in [0.25, 0.3) is 0 Å². The average Bonchev–Trinajstić information content (AvgIpc) is 2.86. The van der Waals surface area contributed by atoms with Crippen molar-refractivity contribution in [1.29, 1.82) is 0 Å². The molecule has 0 radical (unpaired) electrons. The number of piperidine rings is 1. The van der Waals surface area contributed by atoms with Gasteiger partial charge in [-0.15, -0.1) is 0 Å². The number of ether oxygens (including phenoxy) is 1. The van der Waals surface area contributed by atoms with Crippen LogP contribution in [0.15, 0.2) is 0 Å². The highest BCUT2D eigenvalue weighted by Gasteiger charge is 2.34. The van der Waals surface area contributed by atoms with Gasteiger partial charge in [-0.2, -0.15) is 0 Å². The number of rotatable bonds is 3. The molecule has 3 fully saturated rings. The maximum Gasteiger partial charge on any atom is 0.0623 e. The number of hydrogen-bond acceptors (Lipinski definition) is 3. The van der Waals surface area contributed by atoms with Crippen LogP contribution < -0.4 is 5.32 Å². The van der Waals surface area contributed by atoms with Gasteiger partial charge in [-0.3, -0.25) is 0 Å². The molecule has 3 aliphatic rings. The fourth-order valence-electron chi connectivity index (χ4n) is 4.27. The first kappa shape index (κ1) is 12.9. The lowest BCUT2D eigenvalue weighted by molar-refractivity contribution is 0.0711. The van der Waals surface area contributed by atoms with Crippen molar-refractivity contribution < 1.29 is 4.74 Å². The summed E-state index contributed by atoms with van der Waals surface area (Å²) in [5.41, 5.74) is 0. The molecule has 4 atom stereocenters. The minimum atomic E-state index is 0.578. The van der Waals surface area contributed by atoms with Crippen LogP contribution in [0.5, 0.6) is 0 Å². The topological polar surface area (TPSA) is 24.5 Å². The Kier molecular flexibility index (Phi) is 4.22. The van der Waals surface area contributed by atoms with E-state index in [2.05, 4.69) is 17.3 Å². The van der Waals surface area contributed by atoms with E-state index in [1.165, 1.54) is 51.7 Å². The maximum absolute atomic E-state index is 5.62. The molecule has 1 aliphatic carbocycles. The van der Waals surface area contributed by atoms with Crippen LogP contribution in [0.3, 0.4) is 0 Å². The average molecular weight is 252 g/mol. The van der Waals surface area contributed by atoms with Crippen molar-refractivity contribution in [2.45, 2.75) is 38.1 Å². The fraction of sp³-hybridized carbons (Fsp3) is 1.00. The zero-order valence-electron chi connectivity index (χ0n) is 11.7. The summed E-state index contributed by atoms with van der Waals surface area (Å²) < 4.78 is 5.62. The molecule has 4 unspecified atom stereocenters. The Labute approximate surface area is 111 Å². The van der Waals surface area contributed by atoms with Crippen LogP contribution in [0.4, 0.5) is 0 Å². The summed E-state index contributed by atoms with van der Waals surface area (Å²) in [5, 5.41) is 3.41. The lowest BCUT2D eigenvalue weighted by Crippen LogP contribution is -2.46. The highest BCUT2D eigenvalue weighted by Crippen LogP contribution is 2.36. The van der Waals surface area contributed by atoms with Crippen LogP contribution >= 0.6 is 0 Å². The summed E-state index contributed by atoms with van der Waals surface area (Å²) in [4.78, 5) is 2.72. The molecule has 1 saturated carbocycles. The fourth-order valence-corrected chi connectivity index (χ4v) is 4.27. The zero-order chi connectivity index (χ0) is 12.4. The summed E-state index contributed by atoms with van der Waals surface area (Å²) in [6.45, 7) is 5.79. The molecule has 1 N–H and O–H groups in total. The molecule has 2 saturated heterocycles. The summed E-state index contributed by atoms with van der Waals surface area (Å²) in [6, 6.07) is 0.578. The molecule has 2 heterocycles. The Morgan fingerprint density at radius 3 is 2.78 bits per heavy atom. The van der Waals surface area contributed by atoms with Crippen molar-refractivity contribution in [3.63, 3.8) is 0 Å². The number of likely N-dealkylation sites (N-methyl/N-ethyl adjacent to an activating group) is 1. The van der Waals surface area contributed by atoms with Crippen molar-refractivity contribution in [1.82, 2.24) is 10.2 Å². The second-order valence-corrected chi connectivity index (χ2v) is 6.55. The monoisotopic (exact) mass is 252 g/mol. The van der Waals surface area contributed by atoms with Crippen LogP contribution in [-0.4, -0.2) is 50.8 Å². The van der Waals surface area contributed by atoms with Crippen LogP contribution in [0, 0.1) is 17.8 Å². The molecule has 0 aromatic carbocycles. The molecule has 0 spiro atoms. The molecule has 0 aromatic rings. The van der Waals surface area contributed by atoms with E-state index in [1.54, 1.807) is 0 Å². The SMILES string of the molecule is CNC1COCC1CN1CCC2CCCCC2C1. The molecule has 0 amide bonds. The minimum absolute atomic E-state index is 0.578. The summed E-state index contributed by atoms with van der Waals surface area (Å²) in [5.74, 6) is 2.76. The van der Waals surface area contributed by atoms with Gasteiger partial charge in [-0.1, -0.05) is 19.3 Å². The predicted octanol–water partition coefficient (Wildman–Crippen LogP) is 1.73. The van der Waals surface area contributed by atoms with Gasteiger partial charge in [-0.25, -0.2) is 0 Å². The third kappa shape index (κ3) is 2.73. The lowest BCUT2D eigenvalue weighted by Gasteiger charge is -2.42. The quantitative estimate of drug-likeness (QED) is 0.828. The summed E-state index contributed by atoms with van der Waals surface area (Å²) >= 11 is 0. The standard InChI is InChI=1S/C15H28N2O/c1-16-15-11-18-10-14(15)9-17-7-6-12-4-2-3-5-13(12)8-17/h12-16H,2-11H2,1H3. The first-order chi connectivity index (χ1) is 8.86. The van der Waals surface area contributed by atoms with E-state index < -0.39 is 0 Å². The van der Waals surface area contributed by atoms with E-state index in [0.717, 1.165) is 25.0 Å². The normalized spacial score (nSPS) is 41.8. The minimum Gasteiger partial charge on any atom is -0.379 e. The van der Waals surface area contributed by atoms with Crippen molar-refractivity contribution in [2.24, 2.45) is 17.8 Å². The summed E-state index contributed by atoms with van der Waals surface area (Å²) in [6.07, 6.45) is 7.39. The molecule has 3 nitrogen and oxygen atoms in total. The van der Waals surface area contributed by atoms with Gasteiger partial charge in [0.15, 0.2) is 0 Å². The van der Waals surface area contributed by atoms with Crippen LogP contribution in [-0.2, 0) is 4.74 Å². The van der Waals surface area contributed by atoms with E-state index in [-0.39, 0.29) is 0 Å². The number of fused-ring (bicyclic) bond motifs is 1. The molecule has 2 aliphatic heterocycles. The number of nitrogens with one attached hydrogen (secondary N) is 1. The molecule has 0 bridgehead atoms. The molecule has 18 heavy (non-hydrogen) atoms. The van der Waals surface area contributed by atoms with Gasteiger partial charge >= 0.3 is 0 Å². The van der Waals surface area contributed by atoms with Crippen molar-refractivity contribution in [3.05, 3.63) is 0 Å². The Morgan fingerprint density at radius 1 is 1.11 bits per heavy atom. The molecule has 3 rings (SSSR count). The van der Waals surface area contributed by atoms with Crippen LogP contribution in [0.2, 0.25) is 0 Å². The molecule has 0 aromatic heterocycles. The van der Waals surface area contributed by atoms with Crippen molar-refractivity contribution >= 4 is 0 Å². The highest BCUT2D eigenvalue weighted by molar-refractivity contribution is 4.87. The molecule has 3 heteroatoms. The summed E-state index contributed by atoms with van der Waals surface area (Å²) in [7, 11) is 2.07. The second kappa shape index (κ2) is 5.89. The van der Waals surface area contributed by atoms with Crippen LogP contribution in [0.25, 0.3) is 0 Å². The van der Waals surface area contributed by atoms with Gasteiger partial charge in [0.05, 0.1) is 13.2 Å². The smallest absolute Gasteiger partial charge is 0.0623 e. The predicted molar refractivity (Wildman–Crippen MR) is 73.7 cm³/mol. The molecule has 104 valence electrons. The lowest BCUT2D eigenvalue weighted by atomic mass is 9.75. The number of likely N-dealkylation sites (tertiary alicyclic amines) is 1. The van der Waals surface area contributed by atoms with Crippen molar-refractivity contribution in [3.8, 4) is 0 Å². The van der Waals surface area contributed by atoms with E-state index >= 15 is 0 Å². The first-order valence-electron chi connectivity index (χ1n) is 7.84. The highest BCUT2D eigenvalue weighted by atomic mass is 16.5. The zero-order valence-corrected chi connectivity index (χ0v) is 11.7. The molecular weight excluding hydrogens is 224 g/mol. The van der Waals surface area contributed by atoms with E-state index in [1.807, 2.05) is 0 Å². The Morgan fingerprint density at radius 2 is 1.94 bits per heavy atom. The van der Waals surface area contributed by atoms with Gasteiger partial charge in [0.2, 0.25) is 0 Å². The van der Waals surface area contributed by atoms with E-state index in [4.69, 9.17) is 4.74 Å². The van der Waals surface area contributed by atoms with Crippen molar-refractivity contribution in [2.75, 3.05) is 39.9 Å². The van der Waals surface area contributed by atoms with Gasteiger partial charge in [0, 0.05) is 25.0 Å². The molecular formula is C15H28N2O. The van der Waals surface area contributed by atoms with Crippen LogP contribution in [0.1, 0.15) is 32.1 Å². The van der Waals surface area contributed by atoms with Gasteiger partial charge < -0.3 is 15.0 Å². The Bertz CT molecular complexity index is 271. The third-order valence-electron chi connectivity index (χ3n) is 5.44. The number of hydrogen-bond donors (Lipinski definition) is 1. The largest absolute Gasteiger partial charge is 0.379 e. The van der Waals surface area contributed by atoms with E-state index in [9.17, 15) is 0 Å². The Hall–Kier alpha value is -0.120. The third-order valence-corrected chi connectivity index (χ3v) is 5.44.